The van der Waals surface area contributed by atoms with Crippen molar-refractivity contribution >= 4 is 18.4 Å². The fourth-order valence-corrected chi connectivity index (χ4v) is 2.00. The third-order valence-corrected chi connectivity index (χ3v) is 3.82. The normalized spacial score (nSPS) is 20.5. The van der Waals surface area contributed by atoms with Crippen LogP contribution in [0.4, 0.5) is 10.2 Å². The third-order valence-electron chi connectivity index (χ3n) is 3.82. The Kier molecular flexibility index (Phi) is 3.82. The first kappa shape index (κ1) is 15.3. The predicted molar refractivity (Wildman–Crippen MR) is 78.7 cm³/mol. The van der Waals surface area contributed by atoms with Crippen LogP contribution in [0.25, 0.3) is 0 Å². The summed E-state index contributed by atoms with van der Waals surface area (Å²) in [6.07, 6.45) is 1.19. The molecule has 0 aromatic carbocycles. The maximum Gasteiger partial charge on any atom is 0.498 e. The second-order valence-corrected chi connectivity index (χ2v) is 6.48. The van der Waals surface area contributed by atoms with Crippen LogP contribution in [0.5, 0.6) is 0 Å². The number of pyridine rings is 1. The molecule has 0 bridgehead atoms. The quantitative estimate of drug-likeness (QED) is 0.863. The molecule has 1 aliphatic rings. The van der Waals surface area contributed by atoms with Crippen molar-refractivity contribution in [2.75, 3.05) is 5.32 Å². The Morgan fingerprint density at radius 3 is 2.25 bits per heavy atom. The van der Waals surface area contributed by atoms with Crippen molar-refractivity contribution in [1.29, 1.82) is 0 Å². The molecular weight excluding hydrogens is 258 g/mol. The van der Waals surface area contributed by atoms with E-state index in [2.05, 4.69) is 10.3 Å². The first-order valence-corrected chi connectivity index (χ1v) is 6.90. The lowest BCUT2D eigenvalue weighted by atomic mass is 9.79. The summed E-state index contributed by atoms with van der Waals surface area (Å²) in [7, 11) is -0.621. The van der Waals surface area contributed by atoms with E-state index in [0.717, 1.165) is 0 Å². The number of hydrogen-bond acceptors (Lipinski definition) is 4. The van der Waals surface area contributed by atoms with Gasteiger partial charge in [0, 0.05) is 11.5 Å². The van der Waals surface area contributed by atoms with Crippen molar-refractivity contribution < 1.29 is 13.7 Å². The van der Waals surface area contributed by atoms with Crippen LogP contribution in [0.3, 0.4) is 0 Å². The summed E-state index contributed by atoms with van der Waals surface area (Å²) in [6.45, 7) is 11.9. The summed E-state index contributed by atoms with van der Waals surface area (Å²) < 4.78 is 25.4. The van der Waals surface area contributed by atoms with E-state index in [9.17, 15) is 4.39 Å². The molecule has 0 aliphatic carbocycles. The minimum Gasteiger partial charge on any atom is -0.399 e. The van der Waals surface area contributed by atoms with Gasteiger partial charge >= 0.3 is 7.12 Å². The van der Waals surface area contributed by atoms with Gasteiger partial charge in [-0.1, -0.05) is 0 Å². The van der Waals surface area contributed by atoms with Crippen molar-refractivity contribution in [3.05, 3.63) is 18.1 Å². The topological polar surface area (TPSA) is 43.4 Å². The SMILES string of the molecule is CC(C)Nc1ncc(F)cc1B1OC(C)(C)C(C)(C)O1. The maximum absolute atomic E-state index is 13.5. The summed E-state index contributed by atoms with van der Waals surface area (Å²) in [5, 5.41) is 3.19. The number of nitrogens with zero attached hydrogens (tertiary/aromatic N) is 1. The second-order valence-electron chi connectivity index (χ2n) is 6.48. The van der Waals surface area contributed by atoms with E-state index < -0.39 is 24.1 Å². The molecule has 6 heteroatoms. The molecule has 0 amide bonds. The number of nitrogens with one attached hydrogen (secondary N) is 1. The zero-order valence-electron chi connectivity index (χ0n) is 13.0. The number of halogens is 1. The van der Waals surface area contributed by atoms with Crippen LogP contribution in [-0.2, 0) is 9.31 Å². The Morgan fingerprint density at radius 2 is 1.75 bits per heavy atom. The van der Waals surface area contributed by atoms with Crippen molar-refractivity contribution in [3.63, 3.8) is 0 Å². The zero-order chi connectivity index (χ0) is 15.1. The smallest absolute Gasteiger partial charge is 0.399 e. The van der Waals surface area contributed by atoms with Crippen LogP contribution in [0, 0.1) is 5.82 Å². The molecule has 4 nitrogen and oxygen atoms in total. The molecule has 1 aliphatic heterocycles. The largest absolute Gasteiger partial charge is 0.498 e. The van der Waals surface area contributed by atoms with Gasteiger partial charge in [-0.05, 0) is 47.6 Å². The molecule has 0 unspecified atom stereocenters. The molecule has 1 aromatic heterocycles. The van der Waals surface area contributed by atoms with E-state index in [-0.39, 0.29) is 6.04 Å². The highest BCUT2D eigenvalue weighted by Crippen LogP contribution is 2.36. The fourth-order valence-electron chi connectivity index (χ4n) is 2.00. The van der Waals surface area contributed by atoms with Crippen LogP contribution >= 0.6 is 0 Å². The van der Waals surface area contributed by atoms with E-state index in [0.29, 0.717) is 11.3 Å². The van der Waals surface area contributed by atoms with Gasteiger partial charge in [0.15, 0.2) is 0 Å². The zero-order valence-corrected chi connectivity index (χ0v) is 13.0. The number of aromatic nitrogens is 1. The molecule has 1 saturated heterocycles. The van der Waals surface area contributed by atoms with Gasteiger partial charge in [0.05, 0.1) is 17.4 Å². The maximum atomic E-state index is 13.5. The molecule has 0 saturated carbocycles. The second kappa shape index (κ2) is 5.00. The molecule has 110 valence electrons. The summed E-state index contributed by atoms with van der Waals surface area (Å²) in [4.78, 5) is 4.11. The highest BCUT2D eigenvalue weighted by molar-refractivity contribution is 6.63. The van der Waals surface area contributed by atoms with Crippen molar-refractivity contribution in [1.82, 2.24) is 4.98 Å². The molecule has 2 rings (SSSR count). The van der Waals surface area contributed by atoms with Gasteiger partial charge < -0.3 is 14.6 Å². The molecule has 0 atom stereocenters. The standard InChI is InChI=1S/C14H22BFN2O2/c1-9(2)18-12-11(7-10(16)8-17-12)15-19-13(3,4)14(5,6)20-15/h7-9H,1-6H3,(H,17,18). The van der Waals surface area contributed by atoms with Crippen LogP contribution < -0.4 is 10.8 Å². The van der Waals surface area contributed by atoms with Gasteiger partial charge in [-0.15, -0.1) is 0 Å². The molecule has 1 fully saturated rings. The number of hydrogen-bond donors (Lipinski definition) is 1. The first-order valence-electron chi connectivity index (χ1n) is 6.90. The Balaban J connectivity index is 2.36. The molecule has 0 spiro atoms. The molecular formula is C14H22BFN2O2. The predicted octanol–water partition coefficient (Wildman–Crippen LogP) is 2.34. The Hall–Kier alpha value is -1.14. The van der Waals surface area contributed by atoms with E-state index in [1.165, 1.54) is 12.3 Å². The minimum atomic E-state index is -0.621. The van der Waals surface area contributed by atoms with E-state index in [4.69, 9.17) is 9.31 Å². The highest BCUT2D eigenvalue weighted by Gasteiger charge is 2.52. The van der Waals surface area contributed by atoms with E-state index in [1.807, 2.05) is 41.5 Å². The lowest BCUT2D eigenvalue weighted by Crippen LogP contribution is -2.41. The summed E-state index contributed by atoms with van der Waals surface area (Å²) in [5.74, 6) is 0.198. The van der Waals surface area contributed by atoms with Gasteiger partial charge in [0.1, 0.15) is 11.6 Å². The fraction of sp³-hybridized carbons (Fsp3) is 0.643. The van der Waals surface area contributed by atoms with Crippen LogP contribution in [0.2, 0.25) is 0 Å². The van der Waals surface area contributed by atoms with Crippen LogP contribution in [0.15, 0.2) is 12.3 Å². The van der Waals surface area contributed by atoms with E-state index >= 15 is 0 Å². The van der Waals surface area contributed by atoms with Crippen molar-refractivity contribution in [2.45, 2.75) is 58.8 Å². The molecule has 1 N–H and O–H groups in total. The average Bonchev–Trinajstić information content (AvgIpc) is 2.50. The van der Waals surface area contributed by atoms with Gasteiger partial charge in [-0.3, -0.25) is 0 Å². The number of rotatable bonds is 3. The summed E-state index contributed by atoms with van der Waals surface area (Å²) in [6, 6.07) is 1.61. The lowest BCUT2D eigenvalue weighted by Gasteiger charge is -2.32. The first-order chi connectivity index (χ1) is 9.12. The number of anilines is 1. The molecule has 20 heavy (non-hydrogen) atoms. The highest BCUT2D eigenvalue weighted by atomic mass is 19.1. The van der Waals surface area contributed by atoms with Gasteiger partial charge in [0.25, 0.3) is 0 Å². The van der Waals surface area contributed by atoms with Crippen molar-refractivity contribution in [2.24, 2.45) is 0 Å². The Labute approximate surface area is 120 Å². The van der Waals surface area contributed by atoms with Crippen LogP contribution in [-0.4, -0.2) is 29.3 Å². The molecule has 1 aromatic rings. The third kappa shape index (κ3) is 2.81. The molecule has 2 heterocycles. The summed E-state index contributed by atoms with van der Waals surface area (Å²) in [5.41, 5.74) is -0.324. The molecule has 0 radical (unpaired) electrons. The minimum absolute atomic E-state index is 0.189. The van der Waals surface area contributed by atoms with Crippen LogP contribution in [0.1, 0.15) is 41.5 Å². The average molecular weight is 280 g/mol. The van der Waals surface area contributed by atoms with E-state index in [1.54, 1.807) is 0 Å². The van der Waals surface area contributed by atoms with Gasteiger partial charge in [-0.2, -0.15) is 0 Å². The monoisotopic (exact) mass is 280 g/mol. The Bertz CT molecular complexity index is 490. The lowest BCUT2D eigenvalue weighted by molar-refractivity contribution is 0.00578. The van der Waals surface area contributed by atoms with Gasteiger partial charge in [-0.25, -0.2) is 9.37 Å². The summed E-state index contributed by atoms with van der Waals surface area (Å²) >= 11 is 0. The van der Waals surface area contributed by atoms with Gasteiger partial charge in [0.2, 0.25) is 0 Å². The Morgan fingerprint density at radius 1 is 1.20 bits per heavy atom. The van der Waals surface area contributed by atoms with Crippen molar-refractivity contribution in [3.8, 4) is 0 Å².